The number of carbonyl (C=O) groups is 1. The van der Waals surface area contributed by atoms with Gasteiger partial charge in [-0.25, -0.2) is 0 Å². The van der Waals surface area contributed by atoms with Gasteiger partial charge in [0.1, 0.15) is 0 Å². The number of rotatable bonds is 16. The Morgan fingerprint density at radius 1 is 0.500 bits per heavy atom. The molecule has 184 valence electrons. The Morgan fingerprint density at radius 2 is 0.767 bits per heavy atom. The number of carboxylic acids is 1. The van der Waals surface area contributed by atoms with Crippen LogP contribution in [0, 0.1) is 0 Å². The topological polar surface area (TPSA) is 98.0 Å². The van der Waals surface area contributed by atoms with E-state index in [1.165, 1.54) is 44.9 Å². The van der Waals surface area contributed by atoms with Crippen molar-refractivity contribution in [1.82, 2.24) is 0 Å². The van der Waals surface area contributed by atoms with Gasteiger partial charge in [0, 0.05) is 52.4 Å². The van der Waals surface area contributed by atoms with Crippen LogP contribution >= 0.6 is 0 Å². The Bertz CT molecular complexity index is 233. The predicted molar refractivity (Wildman–Crippen MR) is 125 cm³/mol. The number of carboxylic acid groups (broad SMARTS) is 1. The zero-order valence-corrected chi connectivity index (χ0v) is 23.1. The molecule has 5 nitrogen and oxygen atoms in total. The monoisotopic (exact) mass is 512 g/mol. The summed E-state index contributed by atoms with van der Waals surface area (Å²) in [4.78, 5) is 10.2. The molecular formula is C24H54O5Zr. The first-order valence-corrected chi connectivity index (χ1v) is 12.1. The van der Waals surface area contributed by atoms with Gasteiger partial charge in [-0.1, -0.05) is 98.3 Å². The molecule has 0 aliphatic heterocycles. The molecule has 0 aliphatic rings. The van der Waals surface area contributed by atoms with Crippen LogP contribution in [0.25, 0.3) is 0 Å². The molecule has 0 aromatic rings. The number of aliphatic carboxylic acids is 1. The van der Waals surface area contributed by atoms with Crippen molar-refractivity contribution in [3.63, 3.8) is 0 Å². The van der Waals surface area contributed by atoms with Crippen molar-refractivity contribution >= 4 is 5.97 Å². The molecule has 4 N–H and O–H groups in total. The SMILES string of the molecule is CCCCCCCCCCCC(=O)O.CCCCO.CCCCO.CCCCO.[Zr]. The van der Waals surface area contributed by atoms with Crippen LogP contribution in [0.2, 0.25) is 0 Å². The Balaban J connectivity index is -0.000000108. The smallest absolute Gasteiger partial charge is 0.303 e. The van der Waals surface area contributed by atoms with Gasteiger partial charge in [-0.15, -0.1) is 0 Å². The normalized spacial score (nSPS) is 9.03. The van der Waals surface area contributed by atoms with Gasteiger partial charge >= 0.3 is 5.97 Å². The second-order valence-electron chi connectivity index (χ2n) is 7.20. The summed E-state index contributed by atoms with van der Waals surface area (Å²) in [5, 5.41) is 32.6. The fourth-order valence-corrected chi connectivity index (χ4v) is 2.06. The summed E-state index contributed by atoms with van der Waals surface area (Å²) >= 11 is 0. The van der Waals surface area contributed by atoms with E-state index in [4.69, 9.17) is 20.4 Å². The number of aliphatic hydroxyl groups is 3. The predicted octanol–water partition coefficient (Wildman–Crippen LogP) is 6.33. The molecule has 0 rings (SSSR count). The van der Waals surface area contributed by atoms with Gasteiger partial charge in [-0.3, -0.25) is 4.79 Å². The Hall–Kier alpha value is 0.233. The van der Waals surface area contributed by atoms with E-state index < -0.39 is 5.97 Å². The van der Waals surface area contributed by atoms with Crippen molar-refractivity contribution in [2.45, 2.75) is 130 Å². The van der Waals surface area contributed by atoms with Crippen LogP contribution in [-0.2, 0) is 31.0 Å². The van der Waals surface area contributed by atoms with Gasteiger partial charge in [0.15, 0.2) is 0 Å². The summed E-state index contributed by atoms with van der Waals surface area (Å²) in [7, 11) is 0. The van der Waals surface area contributed by atoms with Crippen molar-refractivity contribution in [2.24, 2.45) is 0 Å². The van der Waals surface area contributed by atoms with Gasteiger partial charge in [0.05, 0.1) is 0 Å². The molecule has 0 heterocycles. The maximum absolute atomic E-state index is 10.2. The van der Waals surface area contributed by atoms with Crippen LogP contribution in [0.3, 0.4) is 0 Å². The van der Waals surface area contributed by atoms with Crippen molar-refractivity contribution < 1.29 is 51.4 Å². The molecule has 0 fully saturated rings. The van der Waals surface area contributed by atoms with Crippen LogP contribution in [0.5, 0.6) is 0 Å². The van der Waals surface area contributed by atoms with Crippen LogP contribution in [0.1, 0.15) is 130 Å². The maximum atomic E-state index is 10.2. The third kappa shape index (κ3) is 70.5. The van der Waals surface area contributed by atoms with Crippen molar-refractivity contribution in [3.8, 4) is 0 Å². The van der Waals surface area contributed by atoms with Gasteiger partial charge in [-0.05, 0) is 25.7 Å². The maximum Gasteiger partial charge on any atom is 0.303 e. The molecule has 0 spiro atoms. The number of unbranched alkanes of at least 4 members (excludes halogenated alkanes) is 11. The fourth-order valence-electron chi connectivity index (χ4n) is 2.06. The standard InChI is InChI=1S/C12H24O2.3C4H10O.Zr/c1-2-3-4-5-6-7-8-9-10-11-12(13)14;3*1-2-3-4-5;/h2-11H2,1H3,(H,13,14);3*5H,2-4H2,1H3;. The van der Waals surface area contributed by atoms with Gasteiger partial charge in [0.25, 0.3) is 0 Å². The molecule has 0 radical (unpaired) electrons. The summed E-state index contributed by atoms with van der Waals surface area (Å²) in [6.45, 7) is 9.41. The van der Waals surface area contributed by atoms with E-state index in [1.807, 2.05) is 0 Å². The molecule has 0 aromatic heterocycles. The van der Waals surface area contributed by atoms with Crippen LogP contribution in [0.4, 0.5) is 0 Å². The Kier molecular flexibility index (Phi) is 63.8. The largest absolute Gasteiger partial charge is 0.481 e. The van der Waals surface area contributed by atoms with Crippen LogP contribution < -0.4 is 0 Å². The summed E-state index contributed by atoms with van der Waals surface area (Å²) < 4.78 is 0. The van der Waals surface area contributed by atoms with Gasteiger partial charge in [0.2, 0.25) is 0 Å². The molecular weight excluding hydrogens is 459 g/mol. The first-order chi connectivity index (χ1) is 14.0. The molecule has 0 aromatic carbocycles. The molecule has 0 unspecified atom stereocenters. The second kappa shape index (κ2) is 47.1. The van der Waals surface area contributed by atoms with E-state index in [0.717, 1.165) is 51.4 Å². The third-order valence-corrected chi connectivity index (χ3v) is 4.03. The van der Waals surface area contributed by atoms with Crippen molar-refractivity contribution in [2.75, 3.05) is 19.8 Å². The van der Waals surface area contributed by atoms with E-state index in [-0.39, 0.29) is 26.2 Å². The summed E-state index contributed by atoms with van der Waals surface area (Å²) in [6, 6.07) is 0. The summed E-state index contributed by atoms with van der Waals surface area (Å²) in [5.74, 6) is -0.659. The molecule has 0 saturated carbocycles. The minimum atomic E-state index is -0.659. The van der Waals surface area contributed by atoms with E-state index in [0.29, 0.717) is 26.2 Å². The molecule has 0 saturated heterocycles. The van der Waals surface area contributed by atoms with E-state index >= 15 is 0 Å². The molecule has 0 bridgehead atoms. The van der Waals surface area contributed by atoms with Gasteiger partial charge < -0.3 is 20.4 Å². The number of hydrogen-bond donors (Lipinski definition) is 4. The zero-order chi connectivity index (χ0) is 23.0. The zero-order valence-electron chi connectivity index (χ0n) is 20.6. The summed E-state index contributed by atoms with van der Waals surface area (Å²) in [6.07, 6.45) is 17.6. The first kappa shape index (κ1) is 40.6. The van der Waals surface area contributed by atoms with E-state index in [9.17, 15) is 4.79 Å². The third-order valence-electron chi connectivity index (χ3n) is 4.03. The quantitative estimate of drug-likeness (QED) is 0.181. The molecule has 0 atom stereocenters. The van der Waals surface area contributed by atoms with Crippen molar-refractivity contribution in [3.05, 3.63) is 0 Å². The minimum absolute atomic E-state index is 0. The van der Waals surface area contributed by atoms with Crippen LogP contribution in [-0.4, -0.2) is 46.2 Å². The average molecular weight is 514 g/mol. The van der Waals surface area contributed by atoms with Crippen LogP contribution in [0.15, 0.2) is 0 Å². The first-order valence-electron chi connectivity index (χ1n) is 12.1. The molecule has 0 aliphatic carbocycles. The fraction of sp³-hybridized carbons (Fsp3) is 0.958. The van der Waals surface area contributed by atoms with Crippen molar-refractivity contribution in [1.29, 1.82) is 0 Å². The minimum Gasteiger partial charge on any atom is -0.481 e. The summed E-state index contributed by atoms with van der Waals surface area (Å²) in [5.41, 5.74) is 0. The second-order valence-corrected chi connectivity index (χ2v) is 7.20. The Morgan fingerprint density at radius 3 is 0.967 bits per heavy atom. The van der Waals surface area contributed by atoms with E-state index in [2.05, 4.69) is 27.7 Å². The average Bonchev–Trinajstić information content (AvgIpc) is 2.70. The van der Waals surface area contributed by atoms with E-state index in [1.54, 1.807) is 0 Å². The Labute approximate surface area is 207 Å². The number of hydrogen-bond acceptors (Lipinski definition) is 4. The number of aliphatic hydroxyl groups excluding tert-OH is 3. The molecule has 6 heteroatoms. The van der Waals surface area contributed by atoms with Gasteiger partial charge in [-0.2, -0.15) is 0 Å². The molecule has 0 amide bonds. The molecule has 30 heavy (non-hydrogen) atoms.